The lowest BCUT2D eigenvalue weighted by Crippen LogP contribution is -2.21. The molecular formula is C11H13N3OS. The van der Waals surface area contributed by atoms with Gasteiger partial charge in [0.1, 0.15) is 0 Å². The Morgan fingerprint density at radius 2 is 2.44 bits per heavy atom. The lowest BCUT2D eigenvalue weighted by molar-refractivity contribution is -0.117. The van der Waals surface area contributed by atoms with Crippen LogP contribution in [0.25, 0.3) is 10.2 Å². The Kier molecular flexibility index (Phi) is 3.48. The van der Waals surface area contributed by atoms with Crippen LogP contribution >= 0.6 is 11.3 Å². The molecule has 2 aromatic rings. The van der Waals surface area contributed by atoms with Crippen molar-refractivity contribution in [2.75, 3.05) is 6.54 Å². The van der Waals surface area contributed by atoms with Gasteiger partial charge < -0.3 is 11.1 Å². The van der Waals surface area contributed by atoms with Gasteiger partial charge in [0.2, 0.25) is 5.91 Å². The molecule has 0 spiro atoms. The zero-order valence-electron chi connectivity index (χ0n) is 8.77. The van der Waals surface area contributed by atoms with E-state index < -0.39 is 0 Å². The minimum Gasteiger partial charge on any atom is -0.370 e. The minimum atomic E-state index is -0.278. The van der Waals surface area contributed by atoms with Crippen molar-refractivity contribution in [2.24, 2.45) is 5.73 Å². The van der Waals surface area contributed by atoms with Gasteiger partial charge in [-0.05, 0) is 23.1 Å². The fraction of sp³-hybridized carbons (Fsp3) is 0.273. The summed E-state index contributed by atoms with van der Waals surface area (Å²) >= 11 is 1.68. The maximum atomic E-state index is 10.5. The molecular weight excluding hydrogens is 222 g/mol. The van der Waals surface area contributed by atoms with Crippen molar-refractivity contribution < 1.29 is 4.79 Å². The number of nitrogens with two attached hydrogens (primary N) is 1. The lowest BCUT2D eigenvalue weighted by atomic mass is 10.2. The van der Waals surface area contributed by atoms with E-state index in [0.717, 1.165) is 11.1 Å². The van der Waals surface area contributed by atoms with Gasteiger partial charge in [-0.25, -0.2) is 0 Å². The van der Waals surface area contributed by atoms with Crippen molar-refractivity contribution in [3.8, 4) is 0 Å². The first kappa shape index (κ1) is 11.0. The number of fused-ring (bicyclic) bond motifs is 1. The molecule has 0 unspecified atom stereocenters. The molecule has 2 aromatic heterocycles. The van der Waals surface area contributed by atoms with Gasteiger partial charge in [0.25, 0.3) is 0 Å². The minimum absolute atomic E-state index is 0.278. The fourth-order valence-electron chi connectivity index (χ4n) is 1.43. The fourth-order valence-corrected chi connectivity index (χ4v) is 2.23. The number of nitrogens with one attached hydrogen (secondary N) is 1. The Bertz CT molecular complexity index is 495. The van der Waals surface area contributed by atoms with Crippen LogP contribution in [0.4, 0.5) is 0 Å². The first-order valence-corrected chi connectivity index (χ1v) is 5.95. The summed E-state index contributed by atoms with van der Waals surface area (Å²) in [5, 5.41) is 5.18. The van der Waals surface area contributed by atoms with Crippen LogP contribution in [0.5, 0.6) is 0 Å². The van der Waals surface area contributed by atoms with Crippen molar-refractivity contribution in [1.29, 1.82) is 0 Å². The topological polar surface area (TPSA) is 68.0 Å². The first-order valence-electron chi connectivity index (χ1n) is 5.07. The monoisotopic (exact) mass is 235 g/mol. The summed E-state index contributed by atoms with van der Waals surface area (Å²) in [6.07, 6.45) is 2.22. The molecule has 0 fully saturated rings. The molecule has 0 atom stereocenters. The number of thiophene rings is 1. The van der Waals surface area contributed by atoms with Crippen molar-refractivity contribution in [1.82, 2.24) is 10.3 Å². The van der Waals surface area contributed by atoms with Gasteiger partial charge >= 0.3 is 0 Å². The second kappa shape index (κ2) is 5.05. The SMILES string of the molecule is NC(=O)CCNCc1cnc2ccsc2c1. The van der Waals surface area contributed by atoms with Gasteiger partial charge in [-0.2, -0.15) is 0 Å². The summed E-state index contributed by atoms with van der Waals surface area (Å²) in [7, 11) is 0. The average molecular weight is 235 g/mol. The van der Waals surface area contributed by atoms with Crippen molar-refractivity contribution in [3.63, 3.8) is 0 Å². The smallest absolute Gasteiger partial charge is 0.218 e. The summed E-state index contributed by atoms with van der Waals surface area (Å²) in [6.45, 7) is 1.33. The highest BCUT2D eigenvalue weighted by molar-refractivity contribution is 7.17. The van der Waals surface area contributed by atoms with Gasteiger partial charge in [-0.1, -0.05) is 0 Å². The Balaban J connectivity index is 1.91. The van der Waals surface area contributed by atoms with E-state index in [1.807, 2.05) is 17.6 Å². The second-order valence-corrected chi connectivity index (χ2v) is 4.49. The molecule has 0 saturated carbocycles. The lowest BCUT2D eigenvalue weighted by Gasteiger charge is -2.03. The average Bonchev–Trinajstić information content (AvgIpc) is 2.71. The van der Waals surface area contributed by atoms with E-state index in [1.165, 1.54) is 4.70 Å². The summed E-state index contributed by atoms with van der Waals surface area (Å²) in [5.41, 5.74) is 7.20. The number of pyridine rings is 1. The van der Waals surface area contributed by atoms with E-state index in [9.17, 15) is 4.79 Å². The van der Waals surface area contributed by atoms with Crippen molar-refractivity contribution >= 4 is 27.5 Å². The number of carbonyl (C=O) groups excluding carboxylic acids is 1. The maximum absolute atomic E-state index is 10.5. The molecule has 0 saturated heterocycles. The number of aromatic nitrogens is 1. The Hall–Kier alpha value is -1.46. The summed E-state index contributed by atoms with van der Waals surface area (Å²) < 4.78 is 1.19. The normalized spacial score (nSPS) is 10.8. The van der Waals surface area contributed by atoms with Crippen molar-refractivity contribution in [3.05, 3.63) is 29.3 Å². The predicted molar refractivity (Wildman–Crippen MR) is 65.1 cm³/mol. The van der Waals surface area contributed by atoms with Crippen LogP contribution in [0, 0.1) is 0 Å². The molecule has 0 aliphatic carbocycles. The summed E-state index contributed by atoms with van der Waals surface area (Å²) in [6, 6.07) is 4.12. The molecule has 4 nitrogen and oxygen atoms in total. The first-order chi connectivity index (χ1) is 7.75. The van der Waals surface area contributed by atoms with Crippen LogP contribution in [0.3, 0.4) is 0 Å². The van der Waals surface area contributed by atoms with Gasteiger partial charge in [-0.15, -0.1) is 11.3 Å². The highest BCUT2D eigenvalue weighted by Gasteiger charge is 1.99. The highest BCUT2D eigenvalue weighted by Crippen LogP contribution is 2.19. The number of rotatable bonds is 5. The maximum Gasteiger partial charge on any atom is 0.218 e. The van der Waals surface area contributed by atoms with Crippen LogP contribution in [0.15, 0.2) is 23.7 Å². The number of hydrogen-bond donors (Lipinski definition) is 2. The van der Waals surface area contributed by atoms with Crippen LogP contribution < -0.4 is 11.1 Å². The molecule has 3 N–H and O–H groups in total. The molecule has 84 valence electrons. The Morgan fingerprint density at radius 1 is 1.56 bits per heavy atom. The number of nitrogens with zero attached hydrogens (tertiary/aromatic N) is 1. The van der Waals surface area contributed by atoms with Crippen molar-refractivity contribution in [2.45, 2.75) is 13.0 Å². The molecule has 2 heterocycles. The molecule has 0 bridgehead atoms. The largest absolute Gasteiger partial charge is 0.370 e. The molecule has 2 rings (SSSR count). The van der Waals surface area contributed by atoms with E-state index in [4.69, 9.17) is 5.73 Å². The third kappa shape index (κ3) is 2.77. The van der Waals surface area contributed by atoms with Gasteiger partial charge in [-0.3, -0.25) is 9.78 Å². The van der Waals surface area contributed by atoms with E-state index >= 15 is 0 Å². The zero-order valence-corrected chi connectivity index (χ0v) is 9.59. The molecule has 1 amide bonds. The van der Waals surface area contributed by atoms with Crippen LogP contribution in [-0.2, 0) is 11.3 Å². The van der Waals surface area contributed by atoms with Gasteiger partial charge in [0.15, 0.2) is 0 Å². The standard InChI is InChI=1S/C11H13N3OS/c12-11(15)1-3-13-6-8-5-10-9(14-7-8)2-4-16-10/h2,4-5,7,13H,1,3,6H2,(H2,12,15). The third-order valence-electron chi connectivity index (χ3n) is 2.24. The quantitative estimate of drug-likeness (QED) is 0.767. The van der Waals surface area contributed by atoms with E-state index in [0.29, 0.717) is 19.5 Å². The number of hydrogen-bond acceptors (Lipinski definition) is 4. The molecule has 0 radical (unpaired) electrons. The summed E-state index contributed by atoms with van der Waals surface area (Å²) in [5.74, 6) is -0.278. The van der Waals surface area contributed by atoms with Crippen LogP contribution in [0.2, 0.25) is 0 Å². The highest BCUT2D eigenvalue weighted by atomic mass is 32.1. The van der Waals surface area contributed by atoms with Crippen LogP contribution in [0.1, 0.15) is 12.0 Å². The van der Waals surface area contributed by atoms with Gasteiger partial charge in [0, 0.05) is 25.7 Å². The number of primary amides is 1. The number of carbonyl (C=O) groups is 1. The van der Waals surface area contributed by atoms with Crippen LogP contribution in [-0.4, -0.2) is 17.4 Å². The molecule has 5 heteroatoms. The molecule has 0 aliphatic heterocycles. The molecule has 16 heavy (non-hydrogen) atoms. The summed E-state index contributed by atoms with van der Waals surface area (Å²) in [4.78, 5) is 14.9. The Labute approximate surface area is 97.5 Å². The van der Waals surface area contributed by atoms with E-state index in [1.54, 1.807) is 11.3 Å². The molecule has 0 aromatic carbocycles. The predicted octanol–water partition coefficient (Wildman–Crippen LogP) is 1.26. The Morgan fingerprint density at radius 3 is 3.25 bits per heavy atom. The zero-order chi connectivity index (χ0) is 11.4. The van der Waals surface area contributed by atoms with E-state index in [-0.39, 0.29) is 5.91 Å². The van der Waals surface area contributed by atoms with Gasteiger partial charge in [0.05, 0.1) is 10.2 Å². The molecule has 0 aliphatic rings. The number of amides is 1. The third-order valence-corrected chi connectivity index (χ3v) is 3.09. The van der Waals surface area contributed by atoms with E-state index in [2.05, 4.69) is 16.4 Å². The second-order valence-electron chi connectivity index (χ2n) is 3.54.